The molecule has 2 aromatic rings. The Bertz CT molecular complexity index is 655. The molecular formula is C19H24N2O2. The zero-order chi connectivity index (χ0) is 16.7. The smallest absolute Gasteiger partial charge is 0.317 e. The molecule has 0 bridgehead atoms. The Morgan fingerprint density at radius 2 is 1.96 bits per heavy atom. The second kappa shape index (κ2) is 8.22. The lowest BCUT2D eigenvalue weighted by Gasteiger charge is -2.19. The number of rotatable bonds is 6. The molecule has 0 aliphatic rings. The maximum Gasteiger partial charge on any atom is 0.317 e. The van der Waals surface area contributed by atoms with Gasteiger partial charge < -0.3 is 15.0 Å². The molecule has 2 amide bonds. The molecule has 2 rings (SSSR count). The zero-order valence-electron chi connectivity index (χ0n) is 14.0. The van der Waals surface area contributed by atoms with Gasteiger partial charge in [-0.05, 0) is 42.2 Å². The van der Waals surface area contributed by atoms with E-state index in [1.54, 1.807) is 12.0 Å². The van der Waals surface area contributed by atoms with Crippen molar-refractivity contribution in [1.82, 2.24) is 10.2 Å². The number of benzene rings is 2. The molecule has 0 fully saturated rings. The number of amides is 2. The van der Waals surface area contributed by atoms with Crippen LogP contribution in [0.1, 0.15) is 16.7 Å². The van der Waals surface area contributed by atoms with E-state index in [0.717, 1.165) is 23.3 Å². The number of hydrogen-bond donors (Lipinski definition) is 1. The van der Waals surface area contributed by atoms with Gasteiger partial charge in [0, 0.05) is 20.1 Å². The van der Waals surface area contributed by atoms with Crippen molar-refractivity contribution in [3.8, 4) is 5.75 Å². The molecule has 0 aromatic heterocycles. The summed E-state index contributed by atoms with van der Waals surface area (Å²) in [6.45, 7) is 3.27. The number of methoxy groups -OCH3 is 1. The van der Waals surface area contributed by atoms with Crippen molar-refractivity contribution in [1.29, 1.82) is 0 Å². The fraction of sp³-hybridized carbons (Fsp3) is 0.316. The summed E-state index contributed by atoms with van der Waals surface area (Å²) in [5, 5.41) is 2.95. The third-order valence-electron chi connectivity index (χ3n) is 3.84. The van der Waals surface area contributed by atoms with Gasteiger partial charge in [0.05, 0.1) is 7.11 Å². The molecule has 4 nitrogen and oxygen atoms in total. The van der Waals surface area contributed by atoms with Gasteiger partial charge in [-0.2, -0.15) is 0 Å². The summed E-state index contributed by atoms with van der Waals surface area (Å²) in [7, 11) is 3.47. The standard InChI is InChI=1S/C19H24N2O2/c1-15-7-4-5-9-17(15)14-21(2)19(22)20-12-11-16-8-6-10-18(13-16)23-3/h4-10,13H,11-12,14H2,1-3H3,(H,20,22). The Labute approximate surface area is 138 Å². The number of aryl methyl sites for hydroxylation is 1. The zero-order valence-corrected chi connectivity index (χ0v) is 14.0. The van der Waals surface area contributed by atoms with E-state index in [1.807, 2.05) is 43.4 Å². The van der Waals surface area contributed by atoms with Crippen LogP contribution in [0, 0.1) is 6.92 Å². The summed E-state index contributed by atoms with van der Waals surface area (Å²) >= 11 is 0. The number of ether oxygens (including phenoxy) is 1. The first-order valence-electron chi connectivity index (χ1n) is 7.76. The van der Waals surface area contributed by atoms with E-state index < -0.39 is 0 Å². The van der Waals surface area contributed by atoms with Crippen LogP contribution in [0.4, 0.5) is 4.79 Å². The van der Waals surface area contributed by atoms with E-state index in [2.05, 4.69) is 24.4 Å². The molecule has 0 atom stereocenters. The molecule has 4 heteroatoms. The van der Waals surface area contributed by atoms with Crippen molar-refractivity contribution in [3.63, 3.8) is 0 Å². The molecule has 0 aliphatic carbocycles. The van der Waals surface area contributed by atoms with Crippen LogP contribution in [0.5, 0.6) is 5.75 Å². The highest BCUT2D eigenvalue weighted by atomic mass is 16.5. The SMILES string of the molecule is COc1cccc(CCNC(=O)N(C)Cc2ccccc2C)c1. The summed E-state index contributed by atoms with van der Waals surface area (Å²) in [5.74, 6) is 0.838. The number of nitrogens with zero attached hydrogens (tertiary/aromatic N) is 1. The highest BCUT2D eigenvalue weighted by molar-refractivity contribution is 5.73. The summed E-state index contributed by atoms with van der Waals surface area (Å²) in [5.41, 5.74) is 3.51. The normalized spacial score (nSPS) is 10.2. The van der Waals surface area contributed by atoms with Crippen LogP contribution in [0.2, 0.25) is 0 Å². The van der Waals surface area contributed by atoms with Crippen LogP contribution >= 0.6 is 0 Å². The van der Waals surface area contributed by atoms with Crippen molar-refractivity contribution in [3.05, 3.63) is 65.2 Å². The van der Waals surface area contributed by atoms with E-state index in [4.69, 9.17) is 4.74 Å². The number of urea groups is 1. The van der Waals surface area contributed by atoms with Crippen molar-refractivity contribution in [2.75, 3.05) is 20.7 Å². The van der Waals surface area contributed by atoms with Gasteiger partial charge in [-0.25, -0.2) is 4.79 Å². The molecule has 0 unspecified atom stereocenters. The lowest BCUT2D eigenvalue weighted by molar-refractivity contribution is 0.207. The van der Waals surface area contributed by atoms with Gasteiger partial charge in [0.15, 0.2) is 0 Å². The summed E-state index contributed by atoms with van der Waals surface area (Å²) in [6.07, 6.45) is 0.779. The minimum atomic E-state index is -0.0591. The second-order valence-electron chi connectivity index (χ2n) is 5.62. The van der Waals surface area contributed by atoms with Crippen LogP contribution < -0.4 is 10.1 Å². The van der Waals surface area contributed by atoms with E-state index in [1.165, 1.54) is 5.56 Å². The second-order valence-corrected chi connectivity index (χ2v) is 5.62. The lowest BCUT2D eigenvalue weighted by atomic mass is 10.1. The predicted octanol–water partition coefficient (Wildman–Crippen LogP) is 3.39. The Hall–Kier alpha value is -2.49. The van der Waals surface area contributed by atoms with Crippen molar-refractivity contribution in [2.24, 2.45) is 0 Å². The molecule has 0 spiro atoms. The van der Waals surface area contributed by atoms with Gasteiger partial charge in [0.1, 0.15) is 5.75 Å². The summed E-state index contributed by atoms with van der Waals surface area (Å²) in [6, 6.07) is 16.0. The van der Waals surface area contributed by atoms with Crippen LogP contribution in [-0.4, -0.2) is 31.6 Å². The molecule has 0 saturated heterocycles. The fourth-order valence-electron chi connectivity index (χ4n) is 2.39. The Balaban J connectivity index is 1.81. The Morgan fingerprint density at radius 3 is 2.70 bits per heavy atom. The lowest BCUT2D eigenvalue weighted by Crippen LogP contribution is -2.37. The molecule has 1 N–H and O–H groups in total. The van der Waals surface area contributed by atoms with E-state index in [0.29, 0.717) is 13.1 Å². The van der Waals surface area contributed by atoms with Crippen molar-refractivity contribution in [2.45, 2.75) is 19.9 Å². The molecule has 122 valence electrons. The molecule has 0 heterocycles. The number of hydrogen-bond acceptors (Lipinski definition) is 2. The number of carbonyl (C=O) groups excluding carboxylic acids is 1. The highest BCUT2D eigenvalue weighted by Gasteiger charge is 2.09. The Kier molecular flexibility index (Phi) is 6.03. The molecule has 0 saturated carbocycles. The quantitative estimate of drug-likeness (QED) is 0.888. The maximum atomic E-state index is 12.2. The summed E-state index contributed by atoms with van der Waals surface area (Å²) in [4.78, 5) is 13.9. The fourth-order valence-corrected chi connectivity index (χ4v) is 2.39. The van der Waals surface area contributed by atoms with Gasteiger partial charge in [-0.1, -0.05) is 36.4 Å². The average molecular weight is 312 g/mol. The molecule has 0 aliphatic heterocycles. The maximum absolute atomic E-state index is 12.2. The van der Waals surface area contributed by atoms with E-state index >= 15 is 0 Å². The number of carbonyl (C=O) groups is 1. The molecule has 2 aromatic carbocycles. The van der Waals surface area contributed by atoms with Crippen molar-refractivity contribution < 1.29 is 9.53 Å². The largest absolute Gasteiger partial charge is 0.497 e. The highest BCUT2D eigenvalue weighted by Crippen LogP contribution is 2.13. The van der Waals surface area contributed by atoms with Gasteiger partial charge in [-0.3, -0.25) is 0 Å². The van der Waals surface area contributed by atoms with Crippen LogP contribution in [0.25, 0.3) is 0 Å². The van der Waals surface area contributed by atoms with E-state index in [-0.39, 0.29) is 6.03 Å². The molecule has 23 heavy (non-hydrogen) atoms. The minimum absolute atomic E-state index is 0.0591. The topological polar surface area (TPSA) is 41.6 Å². The first-order chi connectivity index (χ1) is 11.1. The number of nitrogens with one attached hydrogen (secondary N) is 1. The minimum Gasteiger partial charge on any atom is -0.497 e. The van der Waals surface area contributed by atoms with Gasteiger partial charge in [0.2, 0.25) is 0 Å². The predicted molar refractivity (Wildman–Crippen MR) is 92.7 cm³/mol. The molecule has 0 radical (unpaired) electrons. The Morgan fingerprint density at radius 1 is 1.17 bits per heavy atom. The van der Waals surface area contributed by atoms with Crippen LogP contribution in [-0.2, 0) is 13.0 Å². The summed E-state index contributed by atoms with van der Waals surface area (Å²) < 4.78 is 5.20. The average Bonchev–Trinajstić information content (AvgIpc) is 2.57. The van der Waals surface area contributed by atoms with E-state index in [9.17, 15) is 4.79 Å². The third-order valence-corrected chi connectivity index (χ3v) is 3.84. The van der Waals surface area contributed by atoms with Crippen LogP contribution in [0.15, 0.2) is 48.5 Å². The third kappa shape index (κ3) is 5.02. The van der Waals surface area contributed by atoms with Gasteiger partial charge >= 0.3 is 6.03 Å². The van der Waals surface area contributed by atoms with Crippen molar-refractivity contribution >= 4 is 6.03 Å². The van der Waals surface area contributed by atoms with Gasteiger partial charge in [0.25, 0.3) is 0 Å². The monoisotopic (exact) mass is 312 g/mol. The van der Waals surface area contributed by atoms with Gasteiger partial charge in [-0.15, -0.1) is 0 Å². The first kappa shape index (κ1) is 16.9. The molecular weight excluding hydrogens is 288 g/mol. The first-order valence-corrected chi connectivity index (χ1v) is 7.76. The van der Waals surface area contributed by atoms with Crippen LogP contribution in [0.3, 0.4) is 0 Å².